The number of azide groups is 1. The van der Waals surface area contributed by atoms with Crippen LogP contribution in [-0.2, 0) is 0 Å². The maximum absolute atomic E-state index is 13.7. The number of aliphatic hydroxyl groups is 1. The van der Waals surface area contributed by atoms with Crippen molar-refractivity contribution < 1.29 is 9.50 Å². The molecule has 1 heterocycles. The van der Waals surface area contributed by atoms with E-state index in [0.717, 1.165) is 34.6 Å². The molecule has 1 aromatic heterocycles. The van der Waals surface area contributed by atoms with Crippen molar-refractivity contribution in [1.29, 1.82) is 0 Å². The number of aliphatic hydroxyl groups excluding tert-OH is 1. The summed E-state index contributed by atoms with van der Waals surface area (Å²) in [5.41, 5.74) is 10.6. The summed E-state index contributed by atoms with van der Waals surface area (Å²) in [5.74, 6) is -0.276. The second-order valence-corrected chi connectivity index (χ2v) is 6.31. The molecule has 1 saturated carbocycles. The Labute approximate surface area is 137 Å². The van der Waals surface area contributed by atoms with Crippen molar-refractivity contribution in [3.8, 4) is 0 Å². The molecular formula is C18H17FN4O. The van der Waals surface area contributed by atoms with E-state index in [1.54, 1.807) is 6.07 Å². The monoisotopic (exact) mass is 324 g/mol. The molecule has 1 fully saturated rings. The number of benzene rings is 2. The minimum absolute atomic E-state index is 0.192. The van der Waals surface area contributed by atoms with Gasteiger partial charge in [-0.2, -0.15) is 0 Å². The van der Waals surface area contributed by atoms with E-state index in [9.17, 15) is 9.50 Å². The summed E-state index contributed by atoms with van der Waals surface area (Å²) in [7, 11) is 0. The van der Waals surface area contributed by atoms with Crippen molar-refractivity contribution in [3.63, 3.8) is 0 Å². The topological polar surface area (TPSA) is 73.9 Å². The summed E-state index contributed by atoms with van der Waals surface area (Å²) in [6.45, 7) is 0. The summed E-state index contributed by atoms with van der Waals surface area (Å²) in [6, 6.07) is 11.9. The molecule has 1 N–H and O–H groups in total. The number of para-hydroxylation sites is 1. The molecule has 0 amide bonds. The molecule has 1 aliphatic rings. The van der Waals surface area contributed by atoms with Crippen LogP contribution in [0.3, 0.4) is 0 Å². The number of aromatic nitrogens is 1. The molecule has 0 aliphatic heterocycles. The van der Waals surface area contributed by atoms with E-state index >= 15 is 0 Å². The lowest BCUT2D eigenvalue weighted by molar-refractivity contribution is 0.0608. The smallest absolute Gasteiger partial charge is 0.123 e. The van der Waals surface area contributed by atoms with Gasteiger partial charge in [0.15, 0.2) is 0 Å². The molecule has 5 nitrogen and oxygen atoms in total. The third kappa shape index (κ3) is 2.23. The first kappa shape index (κ1) is 15.0. The Balaban J connectivity index is 1.96. The van der Waals surface area contributed by atoms with Crippen molar-refractivity contribution in [2.45, 2.75) is 37.5 Å². The van der Waals surface area contributed by atoms with Crippen LogP contribution in [0.15, 0.2) is 47.6 Å². The van der Waals surface area contributed by atoms with Crippen molar-refractivity contribution in [2.75, 3.05) is 0 Å². The average Bonchev–Trinajstić information content (AvgIpc) is 2.91. The fraction of sp³-hybridized carbons (Fsp3) is 0.333. The average molecular weight is 324 g/mol. The van der Waals surface area contributed by atoms with Crippen molar-refractivity contribution in [2.24, 2.45) is 5.11 Å². The number of rotatable bonds is 2. The number of nitrogens with zero attached hydrogens (tertiary/aromatic N) is 4. The Morgan fingerprint density at radius 1 is 1.12 bits per heavy atom. The van der Waals surface area contributed by atoms with Crippen LogP contribution in [0.1, 0.15) is 25.3 Å². The molecular weight excluding hydrogens is 307 g/mol. The van der Waals surface area contributed by atoms with E-state index in [4.69, 9.17) is 5.53 Å². The van der Waals surface area contributed by atoms with Gasteiger partial charge in [-0.3, -0.25) is 0 Å². The standard InChI is InChI=1S/C18H17FN4O/c19-11-8-9-16-13(10-11)12-4-1-2-6-15(12)23(16)17-7-3-5-14(18(17)24)21-22-20/h1-2,4,6,8-10,14,17-18,24H,3,5,7H2/t14-,17+,18+/m0/s1. The van der Waals surface area contributed by atoms with Gasteiger partial charge in [0.2, 0.25) is 0 Å². The van der Waals surface area contributed by atoms with Crippen LogP contribution in [0.5, 0.6) is 0 Å². The van der Waals surface area contributed by atoms with Crippen LogP contribution in [0, 0.1) is 5.82 Å². The lowest BCUT2D eigenvalue weighted by Gasteiger charge is -2.34. The summed E-state index contributed by atoms with van der Waals surface area (Å²) in [4.78, 5) is 2.87. The molecule has 2 aromatic carbocycles. The van der Waals surface area contributed by atoms with E-state index in [-0.39, 0.29) is 11.9 Å². The molecule has 3 aromatic rings. The van der Waals surface area contributed by atoms with Crippen LogP contribution in [-0.4, -0.2) is 21.8 Å². The Kier molecular flexibility index (Phi) is 3.63. The molecule has 24 heavy (non-hydrogen) atoms. The van der Waals surface area contributed by atoms with Gasteiger partial charge in [0.05, 0.1) is 18.2 Å². The predicted octanol–water partition coefficient (Wildman–Crippen LogP) is 4.70. The molecule has 0 unspecified atom stereocenters. The molecule has 0 bridgehead atoms. The fourth-order valence-electron chi connectivity index (χ4n) is 3.94. The van der Waals surface area contributed by atoms with E-state index < -0.39 is 12.1 Å². The molecule has 0 saturated heterocycles. The SMILES string of the molecule is [N-]=[N+]=N[C@H]1CCC[C@@H](n2c3ccccc3c3cc(F)ccc32)[C@@H]1O. The van der Waals surface area contributed by atoms with Crippen LogP contribution in [0.4, 0.5) is 4.39 Å². The maximum atomic E-state index is 13.7. The van der Waals surface area contributed by atoms with Gasteiger partial charge in [-0.25, -0.2) is 4.39 Å². The first-order valence-corrected chi connectivity index (χ1v) is 8.11. The Bertz CT molecular complexity index is 960. The molecule has 3 atom stereocenters. The quantitative estimate of drug-likeness (QED) is 0.414. The third-order valence-corrected chi connectivity index (χ3v) is 4.99. The van der Waals surface area contributed by atoms with Gasteiger partial charge in [-0.05, 0) is 42.6 Å². The van der Waals surface area contributed by atoms with Gasteiger partial charge < -0.3 is 9.67 Å². The number of fused-ring (bicyclic) bond motifs is 3. The molecule has 122 valence electrons. The predicted molar refractivity (Wildman–Crippen MR) is 91.2 cm³/mol. The van der Waals surface area contributed by atoms with E-state index in [2.05, 4.69) is 14.6 Å². The Hall–Kier alpha value is -2.56. The largest absolute Gasteiger partial charge is 0.391 e. The molecule has 6 heteroatoms. The minimum Gasteiger partial charge on any atom is -0.391 e. The summed E-state index contributed by atoms with van der Waals surface area (Å²) in [5, 5.41) is 16.3. The van der Waals surface area contributed by atoms with Crippen LogP contribution in [0.25, 0.3) is 32.2 Å². The highest BCUT2D eigenvalue weighted by molar-refractivity contribution is 6.08. The Morgan fingerprint density at radius 2 is 1.92 bits per heavy atom. The first-order chi connectivity index (χ1) is 11.7. The summed E-state index contributed by atoms with van der Waals surface area (Å²) in [6.07, 6.45) is 1.61. The minimum atomic E-state index is -0.751. The maximum Gasteiger partial charge on any atom is 0.123 e. The highest BCUT2D eigenvalue weighted by Gasteiger charge is 2.33. The zero-order valence-corrected chi connectivity index (χ0v) is 13.0. The zero-order valence-electron chi connectivity index (χ0n) is 13.0. The normalized spacial score (nSPS) is 24.2. The molecule has 0 radical (unpaired) electrons. The van der Waals surface area contributed by atoms with Gasteiger partial charge in [-0.15, -0.1) is 0 Å². The first-order valence-electron chi connectivity index (χ1n) is 8.11. The van der Waals surface area contributed by atoms with Crippen molar-refractivity contribution in [3.05, 3.63) is 58.7 Å². The summed E-state index contributed by atoms with van der Waals surface area (Å²) < 4.78 is 15.8. The fourth-order valence-corrected chi connectivity index (χ4v) is 3.94. The molecule has 0 spiro atoms. The van der Waals surface area contributed by atoms with Gasteiger partial charge in [0, 0.05) is 26.7 Å². The van der Waals surface area contributed by atoms with Crippen LogP contribution in [0.2, 0.25) is 0 Å². The lowest BCUT2D eigenvalue weighted by atomic mass is 9.88. The van der Waals surface area contributed by atoms with Gasteiger partial charge in [-0.1, -0.05) is 29.7 Å². The highest BCUT2D eigenvalue weighted by atomic mass is 19.1. The van der Waals surface area contributed by atoms with Crippen LogP contribution < -0.4 is 0 Å². The number of hydrogen-bond donors (Lipinski definition) is 1. The summed E-state index contributed by atoms with van der Waals surface area (Å²) >= 11 is 0. The highest BCUT2D eigenvalue weighted by Crippen LogP contribution is 2.38. The van der Waals surface area contributed by atoms with Crippen LogP contribution >= 0.6 is 0 Å². The van der Waals surface area contributed by atoms with E-state index in [1.165, 1.54) is 12.1 Å². The van der Waals surface area contributed by atoms with Gasteiger partial charge >= 0.3 is 0 Å². The molecule has 4 rings (SSSR count). The second kappa shape index (κ2) is 5.82. The Morgan fingerprint density at radius 3 is 2.75 bits per heavy atom. The third-order valence-electron chi connectivity index (χ3n) is 4.99. The van der Waals surface area contributed by atoms with Crippen molar-refractivity contribution in [1.82, 2.24) is 4.57 Å². The number of hydrogen-bond acceptors (Lipinski definition) is 2. The number of halogens is 1. The zero-order chi connectivity index (χ0) is 16.7. The lowest BCUT2D eigenvalue weighted by Crippen LogP contribution is -2.37. The van der Waals surface area contributed by atoms with Gasteiger partial charge in [0.25, 0.3) is 0 Å². The van der Waals surface area contributed by atoms with Gasteiger partial charge in [0.1, 0.15) is 5.82 Å². The van der Waals surface area contributed by atoms with E-state index in [1.807, 2.05) is 24.3 Å². The second-order valence-electron chi connectivity index (χ2n) is 6.31. The van der Waals surface area contributed by atoms with E-state index in [0.29, 0.717) is 6.42 Å². The van der Waals surface area contributed by atoms with Crippen molar-refractivity contribution >= 4 is 21.8 Å². The molecule has 1 aliphatic carbocycles.